The van der Waals surface area contributed by atoms with E-state index in [2.05, 4.69) is 5.32 Å². The van der Waals surface area contributed by atoms with Gasteiger partial charge in [-0.25, -0.2) is 4.79 Å². The van der Waals surface area contributed by atoms with Crippen LogP contribution >= 0.6 is 0 Å². The molecule has 1 rings (SSSR count). The first-order valence-corrected chi connectivity index (χ1v) is 8.48. The number of hydrogen-bond acceptors (Lipinski definition) is 6. The van der Waals surface area contributed by atoms with E-state index in [-0.39, 0.29) is 18.8 Å². The molecule has 144 valence electrons. The predicted molar refractivity (Wildman–Crippen MR) is 98.1 cm³/mol. The molecule has 0 heterocycles. The summed E-state index contributed by atoms with van der Waals surface area (Å²) in [7, 11) is 1.66. The van der Waals surface area contributed by atoms with Crippen LogP contribution in [-0.2, 0) is 14.2 Å². The van der Waals surface area contributed by atoms with Crippen molar-refractivity contribution in [1.29, 1.82) is 5.26 Å². The molecule has 1 amide bonds. The van der Waals surface area contributed by atoms with Gasteiger partial charge in [-0.05, 0) is 46.2 Å². The summed E-state index contributed by atoms with van der Waals surface area (Å²) in [4.78, 5) is 11.9. The van der Waals surface area contributed by atoms with Gasteiger partial charge in [0.2, 0.25) is 0 Å². The molecule has 0 aliphatic carbocycles. The number of nitriles is 1. The minimum absolute atomic E-state index is 0.0766. The standard InChI is InChI=1S/C19H28N2O5/c1-13-7-8-16(9-17(13)25-12-20)21-18(22)24-11-15(3)26-19(4,5)10-14(2)23-6/h7-9,14-15H,10-11H2,1-6H3,(H,21,22). The molecule has 1 aromatic carbocycles. The summed E-state index contributed by atoms with van der Waals surface area (Å²) in [5, 5.41) is 11.2. The largest absolute Gasteiger partial charge is 0.447 e. The number of ether oxygens (including phenoxy) is 4. The van der Waals surface area contributed by atoms with E-state index in [1.54, 1.807) is 38.5 Å². The molecular formula is C19H28N2O5. The number of carbonyl (C=O) groups is 1. The first kappa shape index (κ1) is 21.7. The van der Waals surface area contributed by atoms with E-state index in [4.69, 9.17) is 24.2 Å². The van der Waals surface area contributed by atoms with Gasteiger partial charge >= 0.3 is 6.09 Å². The highest BCUT2D eigenvalue weighted by molar-refractivity contribution is 5.85. The Morgan fingerprint density at radius 3 is 2.62 bits per heavy atom. The Bertz CT molecular complexity index is 639. The van der Waals surface area contributed by atoms with Gasteiger partial charge in [-0.15, -0.1) is 5.26 Å². The summed E-state index contributed by atoms with van der Waals surface area (Å²) in [6.07, 6.45) is 1.55. The molecule has 1 aromatic rings. The fraction of sp³-hybridized carbons (Fsp3) is 0.579. The highest BCUT2D eigenvalue weighted by Gasteiger charge is 2.25. The van der Waals surface area contributed by atoms with Crippen molar-refractivity contribution in [3.05, 3.63) is 23.8 Å². The van der Waals surface area contributed by atoms with E-state index < -0.39 is 11.7 Å². The van der Waals surface area contributed by atoms with Gasteiger partial charge in [-0.3, -0.25) is 5.32 Å². The van der Waals surface area contributed by atoms with Crippen molar-refractivity contribution in [2.24, 2.45) is 0 Å². The second kappa shape index (κ2) is 10.00. The van der Waals surface area contributed by atoms with Crippen LogP contribution in [-0.4, -0.2) is 37.6 Å². The first-order valence-electron chi connectivity index (χ1n) is 8.48. The van der Waals surface area contributed by atoms with Gasteiger partial charge in [0.1, 0.15) is 12.4 Å². The summed E-state index contributed by atoms with van der Waals surface area (Å²) in [5.41, 5.74) is 0.878. The van der Waals surface area contributed by atoms with Crippen LogP contribution in [0.25, 0.3) is 0 Å². The fourth-order valence-corrected chi connectivity index (χ4v) is 2.59. The highest BCUT2D eigenvalue weighted by Crippen LogP contribution is 2.23. The average molecular weight is 364 g/mol. The van der Waals surface area contributed by atoms with Crippen LogP contribution in [0.2, 0.25) is 0 Å². The van der Waals surface area contributed by atoms with Crippen LogP contribution in [0.5, 0.6) is 5.75 Å². The summed E-state index contributed by atoms with van der Waals surface area (Å²) in [5.74, 6) is 0.385. The number of nitrogens with zero attached hydrogens (tertiary/aromatic N) is 1. The van der Waals surface area contributed by atoms with Gasteiger partial charge in [-0.1, -0.05) is 6.07 Å². The van der Waals surface area contributed by atoms with Crippen LogP contribution in [0.15, 0.2) is 18.2 Å². The Morgan fingerprint density at radius 2 is 2.00 bits per heavy atom. The fourth-order valence-electron chi connectivity index (χ4n) is 2.59. The maximum absolute atomic E-state index is 11.9. The van der Waals surface area contributed by atoms with Crippen LogP contribution < -0.4 is 10.1 Å². The highest BCUT2D eigenvalue weighted by atomic mass is 16.6. The Hall–Kier alpha value is -2.30. The van der Waals surface area contributed by atoms with Crippen LogP contribution in [0.4, 0.5) is 10.5 Å². The Morgan fingerprint density at radius 1 is 1.31 bits per heavy atom. The molecule has 0 aromatic heterocycles. The zero-order valence-corrected chi connectivity index (χ0v) is 16.3. The lowest BCUT2D eigenvalue weighted by Crippen LogP contribution is -2.35. The molecule has 1 N–H and O–H groups in total. The minimum Gasteiger partial charge on any atom is -0.447 e. The third-order valence-electron chi connectivity index (χ3n) is 3.74. The maximum Gasteiger partial charge on any atom is 0.411 e. The van der Waals surface area contributed by atoms with Gasteiger partial charge in [0.25, 0.3) is 6.26 Å². The number of rotatable bonds is 9. The molecule has 0 bridgehead atoms. The molecule has 0 aliphatic heterocycles. The third kappa shape index (κ3) is 7.72. The molecule has 26 heavy (non-hydrogen) atoms. The van der Waals surface area contributed by atoms with E-state index in [9.17, 15) is 4.79 Å². The molecule has 0 fully saturated rings. The number of aryl methyl sites for hydroxylation is 1. The van der Waals surface area contributed by atoms with Gasteiger partial charge in [-0.2, -0.15) is 0 Å². The monoisotopic (exact) mass is 364 g/mol. The molecule has 0 spiro atoms. The Labute approximate surface area is 155 Å². The maximum atomic E-state index is 11.9. The smallest absolute Gasteiger partial charge is 0.411 e. The summed E-state index contributed by atoms with van der Waals surface area (Å²) in [6, 6.07) is 5.01. The van der Waals surface area contributed by atoms with Crippen LogP contribution in [0, 0.1) is 18.4 Å². The molecule has 2 unspecified atom stereocenters. The van der Waals surface area contributed by atoms with Gasteiger partial charge in [0.15, 0.2) is 0 Å². The summed E-state index contributed by atoms with van der Waals surface area (Å²) >= 11 is 0. The zero-order chi connectivity index (χ0) is 19.7. The van der Waals surface area contributed by atoms with Crippen molar-refractivity contribution in [3.63, 3.8) is 0 Å². The SMILES string of the molecule is COC(C)CC(C)(C)OC(C)COC(=O)Nc1ccc(C)c(OC#N)c1. The molecule has 0 radical (unpaired) electrons. The van der Waals surface area contributed by atoms with Crippen molar-refractivity contribution < 1.29 is 23.7 Å². The van der Waals surface area contributed by atoms with Crippen molar-refractivity contribution in [2.75, 3.05) is 19.0 Å². The summed E-state index contributed by atoms with van der Waals surface area (Å²) in [6.45, 7) is 9.69. The van der Waals surface area contributed by atoms with E-state index in [0.29, 0.717) is 11.4 Å². The van der Waals surface area contributed by atoms with Crippen molar-refractivity contribution in [1.82, 2.24) is 0 Å². The lowest BCUT2D eigenvalue weighted by atomic mass is 10.0. The number of hydrogen-bond donors (Lipinski definition) is 1. The lowest BCUT2D eigenvalue weighted by Gasteiger charge is -2.31. The van der Waals surface area contributed by atoms with E-state index in [1.807, 2.05) is 27.7 Å². The molecular weight excluding hydrogens is 336 g/mol. The zero-order valence-electron chi connectivity index (χ0n) is 16.3. The van der Waals surface area contributed by atoms with Gasteiger partial charge < -0.3 is 18.9 Å². The second-order valence-corrected chi connectivity index (χ2v) is 6.84. The topological polar surface area (TPSA) is 89.8 Å². The second-order valence-electron chi connectivity index (χ2n) is 6.84. The molecule has 2 atom stereocenters. The molecule has 7 nitrogen and oxygen atoms in total. The van der Waals surface area contributed by atoms with E-state index >= 15 is 0 Å². The first-order chi connectivity index (χ1) is 12.2. The molecule has 7 heteroatoms. The number of methoxy groups -OCH3 is 1. The van der Waals surface area contributed by atoms with E-state index in [0.717, 1.165) is 12.0 Å². The average Bonchev–Trinajstić information content (AvgIpc) is 2.55. The third-order valence-corrected chi connectivity index (χ3v) is 3.74. The summed E-state index contributed by atoms with van der Waals surface area (Å²) < 4.78 is 21.2. The van der Waals surface area contributed by atoms with E-state index in [1.165, 1.54) is 0 Å². The number of anilines is 1. The Kier molecular flexibility index (Phi) is 8.36. The molecule has 0 saturated carbocycles. The number of amides is 1. The Balaban J connectivity index is 2.49. The number of carbonyl (C=O) groups excluding carboxylic acids is 1. The van der Waals surface area contributed by atoms with Gasteiger partial charge in [0.05, 0.1) is 17.8 Å². The molecule has 0 aliphatic rings. The predicted octanol–water partition coefficient (Wildman–Crippen LogP) is 4.01. The number of nitrogens with one attached hydrogen (secondary N) is 1. The van der Waals surface area contributed by atoms with Crippen LogP contribution in [0.3, 0.4) is 0 Å². The quantitative estimate of drug-likeness (QED) is 0.666. The van der Waals surface area contributed by atoms with Gasteiger partial charge in [0, 0.05) is 25.3 Å². The normalized spacial score (nSPS) is 13.4. The van der Waals surface area contributed by atoms with Crippen molar-refractivity contribution >= 4 is 11.8 Å². The molecule has 0 saturated heterocycles. The lowest BCUT2D eigenvalue weighted by molar-refractivity contribution is -0.103. The van der Waals surface area contributed by atoms with Crippen LogP contribution in [0.1, 0.15) is 39.7 Å². The van der Waals surface area contributed by atoms with Crippen molar-refractivity contribution in [3.8, 4) is 12.0 Å². The van der Waals surface area contributed by atoms with Crippen molar-refractivity contribution in [2.45, 2.75) is 58.8 Å². The number of benzene rings is 1. The minimum atomic E-state index is -0.602.